The quantitative estimate of drug-likeness (QED) is 0.669. The van der Waals surface area contributed by atoms with Crippen molar-refractivity contribution in [2.45, 2.75) is 0 Å². The first-order chi connectivity index (χ1) is 5.68. The van der Waals surface area contributed by atoms with Gasteiger partial charge in [-0.1, -0.05) is 0 Å². The van der Waals surface area contributed by atoms with E-state index in [2.05, 4.69) is 31.9 Å². The Morgan fingerprint density at radius 1 is 1.25 bits per heavy atom. The van der Waals surface area contributed by atoms with Crippen LogP contribution in [0.5, 0.6) is 0 Å². The summed E-state index contributed by atoms with van der Waals surface area (Å²) in [4.78, 5) is 0. The van der Waals surface area contributed by atoms with Crippen LogP contribution in [0.2, 0.25) is 0 Å². The molecule has 1 aromatic carbocycles. The summed E-state index contributed by atoms with van der Waals surface area (Å²) >= 11 is 8.35. The van der Waals surface area contributed by atoms with Gasteiger partial charge in [0.1, 0.15) is 5.82 Å². The standard InChI is InChI=1S/C8H3Br2FS/c9-7-5-3-4(11)1-2-6(5)12-8(7)10/h1-3H. The molecule has 0 unspecified atom stereocenters. The van der Waals surface area contributed by atoms with Crippen molar-refractivity contribution in [2.75, 3.05) is 0 Å². The summed E-state index contributed by atoms with van der Waals surface area (Å²) in [6.07, 6.45) is 0. The monoisotopic (exact) mass is 308 g/mol. The zero-order valence-corrected chi connectivity index (χ0v) is 9.76. The fourth-order valence-corrected chi connectivity index (χ4v) is 3.25. The molecule has 0 aliphatic carbocycles. The summed E-state index contributed by atoms with van der Waals surface area (Å²) in [6, 6.07) is 4.78. The van der Waals surface area contributed by atoms with Crippen molar-refractivity contribution in [2.24, 2.45) is 0 Å². The lowest BCUT2D eigenvalue weighted by Gasteiger charge is -1.89. The molecule has 0 N–H and O–H groups in total. The topological polar surface area (TPSA) is 0 Å². The zero-order valence-electron chi connectivity index (χ0n) is 5.77. The molecule has 0 bridgehead atoms. The van der Waals surface area contributed by atoms with E-state index in [4.69, 9.17) is 0 Å². The summed E-state index contributed by atoms with van der Waals surface area (Å²) < 4.78 is 15.8. The van der Waals surface area contributed by atoms with Gasteiger partial charge in [-0.3, -0.25) is 0 Å². The van der Waals surface area contributed by atoms with E-state index in [1.54, 1.807) is 17.4 Å². The molecule has 0 atom stereocenters. The normalized spacial score (nSPS) is 10.9. The number of benzene rings is 1. The van der Waals surface area contributed by atoms with Crippen LogP contribution in [0.3, 0.4) is 0 Å². The Kier molecular flexibility index (Phi) is 2.23. The van der Waals surface area contributed by atoms with Gasteiger partial charge in [0.15, 0.2) is 0 Å². The number of halogens is 3. The third-order valence-electron chi connectivity index (χ3n) is 1.55. The van der Waals surface area contributed by atoms with Gasteiger partial charge in [-0.25, -0.2) is 4.39 Å². The van der Waals surface area contributed by atoms with Crippen molar-refractivity contribution < 1.29 is 4.39 Å². The molecule has 2 aromatic rings. The molecule has 0 aliphatic heterocycles. The van der Waals surface area contributed by atoms with Gasteiger partial charge in [-0.15, -0.1) is 11.3 Å². The van der Waals surface area contributed by atoms with Gasteiger partial charge < -0.3 is 0 Å². The van der Waals surface area contributed by atoms with E-state index >= 15 is 0 Å². The molecule has 1 aromatic heterocycles. The Labute approximate surface area is 89.7 Å². The van der Waals surface area contributed by atoms with Crippen LogP contribution in [0.1, 0.15) is 0 Å². The Bertz CT molecular complexity index is 436. The van der Waals surface area contributed by atoms with Gasteiger partial charge in [-0.2, -0.15) is 0 Å². The molecule has 62 valence electrons. The predicted molar refractivity (Wildman–Crippen MR) is 57.2 cm³/mol. The molecule has 1 heterocycles. The first-order valence-corrected chi connectivity index (χ1v) is 5.62. The molecule has 0 saturated carbocycles. The van der Waals surface area contributed by atoms with Crippen LogP contribution >= 0.6 is 43.2 Å². The molecule has 0 radical (unpaired) electrons. The summed E-state index contributed by atoms with van der Waals surface area (Å²) in [5, 5.41) is 0.923. The summed E-state index contributed by atoms with van der Waals surface area (Å²) in [6.45, 7) is 0. The van der Waals surface area contributed by atoms with E-state index in [1.165, 1.54) is 12.1 Å². The van der Waals surface area contributed by atoms with Gasteiger partial charge >= 0.3 is 0 Å². The smallest absolute Gasteiger partial charge is 0.123 e. The highest BCUT2D eigenvalue weighted by Crippen LogP contribution is 2.39. The maximum atomic E-state index is 12.8. The first-order valence-electron chi connectivity index (χ1n) is 3.21. The van der Waals surface area contributed by atoms with Crippen LogP contribution in [0.4, 0.5) is 4.39 Å². The zero-order chi connectivity index (χ0) is 8.72. The second-order valence-electron chi connectivity index (χ2n) is 2.33. The Morgan fingerprint density at radius 3 is 2.75 bits per heavy atom. The van der Waals surface area contributed by atoms with Crippen LogP contribution < -0.4 is 0 Å². The van der Waals surface area contributed by atoms with Crippen LogP contribution in [0.25, 0.3) is 10.1 Å². The number of hydrogen-bond donors (Lipinski definition) is 0. The van der Waals surface area contributed by atoms with Crippen LogP contribution in [0.15, 0.2) is 26.5 Å². The van der Waals surface area contributed by atoms with E-state index in [1.807, 2.05) is 0 Å². The number of hydrogen-bond acceptors (Lipinski definition) is 1. The van der Waals surface area contributed by atoms with E-state index in [9.17, 15) is 4.39 Å². The minimum atomic E-state index is -0.200. The van der Waals surface area contributed by atoms with Crippen LogP contribution in [-0.4, -0.2) is 0 Å². The molecule has 0 spiro atoms. The highest BCUT2D eigenvalue weighted by molar-refractivity contribution is 9.13. The molecule has 0 amide bonds. The van der Waals surface area contributed by atoms with Gasteiger partial charge in [0, 0.05) is 10.1 Å². The van der Waals surface area contributed by atoms with E-state index < -0.39 is 0 Å². The Balaban J connectivity index is 2.88. The van der Waals surface area contributed by atoms with E-state index in [0.717, 1.165) is 18.3 Å². The average Bonchev–Trinajstić information content (AvgIpc) is 2.31. The molecule has 0 nitrogen and oxygen atoms in total. The SMILES string of the molecule is Fc1ccc2sc(Br)c(Br)c2c1. The van der Waals surface area contributed by atoms with E-state index in [-0.39, 0.29) is 5.82 Å². The van der Waals surface area contributed by atoms with Crippen molar-refractivity contribution in [3.05, 3.63) is 32.3 Å². The molecular weight excluding hydrogens is 307 g/mol. The largest absolute Gasteiger partial charge is 0.207 e. The molecule has 0 saturated heterocycles. The van der Waals surface area contributed by atoms with Crippen molar-refractivity contribution in [3.63, 3.8) is 0 Å². The molecule has 0 aliphatic rings. The lowest BCUT2D eigenvalue weighted by Crippen LogP contribution is -1.70. The van der Waals surface area contributed by atoms with Crippen molar-refractivity contribution >= 4 is 53.3 Å². The highest BCUT2D eigenvalue weighted by atomic mass is 79.9. The minimum absolute atomic E-state index is 0.200. The van der Waals surface area contributed by atoms with E-state index in [0.29, 0.717) is 0 Å². The Hall–Kier alpha value is 0.0700. The Morgan fingerprint density at radius 2 is 2.00 bits per heavy atom. The first kappa shape index (κ1) is 8.66. The number of rotatable bonds is 0. The lowest BCUT2D eigenvalue weighted by atomic mass is 10.3. The fourth-order valence-electron chi connectivity index (χ4n) is 1.01. The summed E-state index contributed by atoms with van der Waals surface area (Å²) in [7, 11) is 0. The van der Waals surface area contributed by atoms with Gasteiger partial charge in [0.25, 0.3) is 0 Å². The maximum absolute atomic E-state index is 12.8. The van der Waals surface area contributed by atoms with Crippen LogP contribution in [-0.2, 0) is 0 Å². The van der Waals surface area contributed by atoms with Crippen LogP contribution in [0, 0.1) is 5.82 Å². The number of fused-ring (bicyclic) bond motifs is 1. The summed E-state index contributed by atoms with van der Waals surface area (Å²) in [5.74, 6) is -0.200. The average molecular weight is 310 g/mol. The fraction of sp³-hybridized carbons (Fsp3) is 0. The minimum Gasteiger partial charge on any atom is -0.207 e. The van der Waals surface area contributed by atoms with Gasteiger partial charge in [0.05, 0.1) is 8.26 Å². The number of thiophene rings is 1. The van der Waals surface area contributed by atoms with Crippen molar-refractivity contribution in [1.82, 2.24) is 0 Å². The molecule has 12 heavy (non-hydrogen) atoms. The molecular formula is C8H3Br2FS. The third-order valence-corrected chi connectivity index (χ3v) is 5.01. The highest BCUT2D eigenvalue weighted by Gasteiger charge is 2.07. The van der Waals surface area contributed by atoms with Crippen molar-refractivity contribution in [1.29, 1.82) is 0 Å². The predicted octanol–water partition coefficient (Wildman–Crippen LogP) is 4.57. The molecule has 2 rings (SSSR count). The van der Waals surface area contributed by atoms with Gasteiger partial charge in [-0.05, 0) is 50.1 Å². The van der Waals surface area contributed by atoms with Gasteiger partial charge in [0.2, 0.25) is 0 Å². The third kappa shape index (κ3) is 1.32. The second kappa shape index (κ2) is 3.09. The lowest BCUT2D eigenvalue weighted by molar-refractivity contribution is 0.630. The second-order valence-corrected chi connectivity index (χ2v) is 5.49. The van der Waals surface area contributed by atoms with Crippen molar-refractivity contribution in [3.8, 4) is 0 Å². The molecule has 0 fully saturated rings. The summed E-state index contributed by atoms with van der Waals surface area (Å²) in [5.41, 5.74) is 0. The molecule has 4 heteroatoms. The maximum Gasteiger partial charge on any atom is 0.123 e.